The summed E-state index contributed by atoms with van der Waals surface area (Å²) < 4.78 is 0. The fourth-order valence-electron chi connectivity index (χ4n) is 4.71. The Hall–Kier alpha value is -3.22. The number of benzene rings is 1. The minimum Gasteiger partial charge on any atom is -0.341 e. The lowest BCUT2D eigenvalue weighted by molar-refractivity contribution is -0.148. The van der Waals surface area contributed by atoms with Crippen molar-refractivity contribution < 1.29 is 14.4 Å². The number of pyridine rings is 1. The van der Waals surface area contributed by atoms with Crippen molar-refractivity contribution in [3.05, 3.63) is 59.8 Å². The highest BCUT2D eigenvalue weighted by molar-refractivity contribution is 5.92. The first-order valence-electron chi connectivity index (χ1n) is 11.8. The number of hydrogen-bond acceptors (Lipinski definition) is 4. The lowest BCUT2D eigenvalue weighted by Gasteiger charge is -2.40. The van der Waals surface area contributed by atoms with Crippen molar-refractivity contribution in [3.8, 4) is 0 Å². The molecule has 1 aromatic heterocycles. The third-order valence-corrected chi connectivity index (χ3v) is 6.53. The first-order chi connectivity index (χ1) is 15.9. The molecule has 1 N–H and O–H groups in total. The molecule has 0 spiro atoms. The van der Waals surface area contributed by atoms with Gasteiger partial charge in [-0.1, -0.05) is 44.2 Å². The van der Waals surface area contributed by atoms with Crippen molar-refractivity contribution in [2.45, 2.75) is 52.1 Å². The molecule has 7 nitrogen and oxygen atoms in total. The van der Waals surface area contributed by atoms with Crippen molar-refractivity contribution in [3.63, 3.8) is 0 Å². The molecule has 1 unspecified atom stereocenters. The monoisotopic (exact) mass is 448 g/mol. The molecule has 1 atom stereocenters. The van der Waals surface area contributed by atoms with Gasteiger partial charge in [-0.25, -0.2) is 4.98 Å². The molecule has 1 fully saturated rings. The molecule has 2 aliphatic rings. The summed E-state index contributed by atoms with van der Waals surface area (Å²) in [7, 11) is 0. The van der Waals surface area contributed by atoms with Crippen LogP contribution in [0.3, 0.4) is 0 Å². The van der Waals surface area contributed by atoms with Gasteiger partial charge in [0.25, 0.3) is 0 Å². The normalized spacial score (nSPS) is 18.7. The molecule has 0 aliphatic carbocycles. The van der Waals surface area contributed by atoms with Crippen LogP contribution in [-0.4, -0.2) is 51.6 Å². The molecule has 7 heteroatoms. The van der Waals surface area contributed by atoms with Crippen molar-refractivity contribution in [2.75, 3.05) is 18.4 Å². The van der Waals surface area contributed by atoms with E-state index in [0.29, 0.717) is 51.1 Å². The predicted molar refractivity (Wildman–Crippen MR) is 126 cm³/mol. The van der Waals surface area contributed by atoms with Crippen LogP contribution in [0.4, 0.5) is 5.82 Å². The van der Waals surface area contributed by atoms with Gasteiger partial charge in [0.05, 0.1) is 0 Å². The van der Waals surface area contributed by atoms with Crippen LogP contribution in [0, 0.1) is 11.8 Å². The molecule has 2 aromatic rings. The van der Waals surface area contributed by atoms with Crippen molar-refractivity contribution in [1.82, 2.24) is 14.8 Å². The molecule has 4 rings (SSSR count). The third kappa shape index (κ3) is 5.41. The summed E-state index contributed by atoms with van der Waals surface area (Å²) in [5, 5.41) is 2.86. The maximum Gasteiger partial charge on any atom is 0.245 e. The summed E-state index contributed by atoms with van der Waals surface area (Å²) >= 11 is 0. The highest BCUT2D eigenvalue weighted by Crippen LogP contribution is 2.28. The molecule has 0 radical (unpaired) electrons. The van der Waals surface area contributed by atoms with Gasteiger partial charge in [0.2, 0.25) is 17.7 Å². The molecule has 0 saturated carbocycles. The Kier molecular flexibility index (Phi) is 7.06. The van der Waals surface area contributed by atoms with Crippen molar-refractivity contribution >= 4 is 23.5 Å². The van der Waals surface area contributed by atoms with Gasteiger partial charge < -0.3 is 15.1 Å². The number of fused-ring (bicyclic) bond motifs is 1. The molecule has 3 amide bonds. The Morgan fingerprint density at radius 2 is 1.73 bits per heavy atom. The van der Waals surface area contributed by atoms with E-state index in [4.69, 9.17) is 0 Å². The number of anilines is 1. The van der Waals surface area contributed by atoms with Crippen LogP contribution >= 0.6 is 0 Å². The number of likely N-dealkylation sites (tertiary alicyclic amines) is 1. The smallest absolute Gasteiger partial charge is 0.245 e. The Balaban J connectivity index is 1.41. The summed E-state index contributed by atoms with van der Waals surface area (Å²) in [4.78, 5) is 46.9. The van der Waals surface area contributed by atoms with Gasteiger partial charge in [-0.15, -0.1) is 0 Å². The minimum atomic E-state index is -0.481. The van der Waals surface area contributed by atoms with Gasteiger partial charge in [-0.3, -0.25) is 14.4 Å². The number of aromatic nitrogens is 1. The summed E-state index contributed by atoms with van der Waals surface area (Å²) in [5.74, 6) is 0.593. The minimum absolute atomic E-state index is 0.00908. The zero-order valence-corrected chi connectivity index (χ0v) is 19.4. The number of nitrogens with zero attached hydrogens (tertiary/aromatic N) is 3. The quantitative estimate of drug-likeness (QED) is 0.761. The van der Waals surface area contributed by atoms with E-state index in [2.05, 4.69) is 10.3 Å². The number of carbonyl (C=O) groups excluding carboxylic acids is 3. The number of hydrogen-bond donors (Lipinski definition) is 1. The molecule has 33 heavy (non-hydrogen) atoms. The average molecular weight is 449 g/mol. The van der Waals surface area contributed by atoms with Crippen LogP contribution in [0.5, 0.6) is 0 Å². The molecular formula is C26H32N4O3. The van der Waals surface area contributed by atoms with E-state index in [1.165, 1.54) is 0 Å². The van der Waals surface area contributed by atoms with Crippen LogP contribution in [0.2, 0.25) is 0 Å². The van der Waals surface area contributed by atoms with E-state index in [1.54, 1.807) is 23.2 Å². The van der Waals surface area contributed by atoms with E-state index >= 15 is 0 Å². The summed E-state index contributed by atoms with van der Waals surface area (Å²) in [6.07, 6.45) is 3.83. The van der Waals surface area contributed by atoms with Gasteiger partial charge in [-0.2, -0.15) is 0 Å². The lowest BCUT2D eigenvalue weighted by Crippen LogP contribution is -2.55. The van der Waals surface area contributed by atoms with Gasteiger partial charge >= 0.3 is 0 Å². The van der Waals surface area contributed by atoms with E-state index in [1.807, 2.05) is 49.1 Å². The van der Waals surface area contributed by atoms with Crippen LogP contribution in [0.1, 0.15) is 44.2 Å². The maximum atomic E-state index is 13.6. The number of carbonyl (C=O) groups is 3. The first kappa shape index (κ1) is 23.0. The van der Waals surface area contributed by atoms with E-state index in [9.17, 15) is 14.4 Å². The SMILES string of the molecule is CC(C)CC(=O)N1Cc2ccccc2CC1C(=O)N1CCC(C(=O)Nc2ccccn2)CC1. The van der Waals surface area contributed by atoms with Gasteiger partial charge in [0.1, 0.15) is 11.9 Å². The van der Waals surface area contributed by atoms with Crippen LogP contribution in [-0.2, 0) is 27.3 Å². The first-order valence-corrected chi connectivity index (χ1v) is 11.8. The van der Waals surface area contributed by atoms with E-state index in [0.717, 1.165) is 11.1 Å². The number of rotatable bonds is 5. The highest BCUT2D eigenvalue weighted by atomic mass is 16.2. The molecule has 3 heterocycles. The average Bonchev–Trinajstić information content (AvgIpc) is 2.83. The Morgan fingerprint density at radius 1 is 1.03 bits per heavy atom. The van der Waals surface area contributed by atoms with Gasteiger partial charge in [0, 0.05) is 44.6 Å². The topological polar surface area (TPSA) is 82.6 Å². The molecule has 1 aromatic carbocycles. The summed E-state index contributed by atoms with van der Waals surface area (Å²) in [6.45, 7) is 5.55. The zero-order valence-electron chi connectivity index (χ0n) is 19.4. The molecule has 2 aliphatic heterocycles. The second-order valence-electron chi connectivity index (χ2n) is 9.41. The molecule has 1 saturated heterocycles. The van der Waals surface area contributed by atoms with Crippen molar-refractivity contribution in [1.29, 1.82) is 0 Å². The lowest BCUT2D eigenvalue weighted by atomic mass is 9.91. The van der Waals surface area contributed by atoms with Crippen LogP contribution < -0.4 is 5.32 Å². The van der Waals surface area contributed by atoms with Crippen LogP contribution in [0.15, 0.2) is 48.7 Å². The fourth-order valence-corrected chi connectivity index (χ4v) is 4.71. The van der Waals surface area contributed by atoms with Gasteiger partial charge in [-0.05, 0) is 42.0 Å². The second kappa shape index (κ2) is 10.1. The Morgan fingerprint density at radius 3 is 2.39 bits per heavy atom. The zero-order chi connectivity index (χ0) is 23.4. The number of piperidine rings is 1. The van der Waals surface area contributed by atoms with E-state index < -0.39 is 6.04 Å². The number of nitrogens with one attached hydrogen (secondary N) is 1. The Bertz CT molecular complexity index is 1000. The van der Waals surface area contributed by atoms with Crippen LogP contribution in [0.25, 0.3) is 0 Å². The maximum absolute atomic E-state index is 13.6. The second-order valence-corrected chi connectivity index (χ2v) is 9.41. The molecule has 174 valence electrons. The van der Waals surface area contributed by atoms with E-state index in [-0.39, 0.29) is 29.6 Å². The number of amides is 3. The molecule has 0 bridgehead atoms. The standard InChI is InChI=1S/C26H32N4O3/c1-18(2)15-24(31)30-17-21-8-4-3-7-20(21)16-22(30)26(33)29-13-10-19(11-14-29)25(32)28-23-9-5-6-12-27-23/h3-9,12,18-19,22H,10-11,13-17H2,1-2H3,(H,27,28,32). The predicted octanol–water partition coefficient (Wildman–Crippen LogP) is 3.26. The fraction of sp³-hybridized carbons (Fsp3) is 0.462. The van der Waals surface area contributed by atoms with Crippen molar-refractivity contribution in [2.24, 2.45) is 11.8 Å². The largest absolute Gasteiger partial charge is 0.341 e. The summed E-state index contributed by atoms with van der Waals surface area (Å²) in [5.41, 5.74) is 2.25. The summed E-state index contributed by atoms with van der Waals surface area (Å²) in [6, 6.07) is 13.0. The molecular weight excluding hydrogens is 416 g/mol. The Labute approximate surface area is 195 Å². The third-order valence-electron chi connectivity index (χ3n) is 6.53. The highest BCUT2D eigenvalue weighted by Gasteiger charge is 2.38. The van der Waals surface area contributed by atoms with Gasteiger partial charge in [0.15, 0.2) is 0 Å².